The van der Waals surface area contributed by atoms with E-state index in [1.807, 2.05) is 0 Å². The molecule has 0 radical (unpaired) electrons. The van der Waals surface area contributed by atoms with E-state index >= 15 is 0 Å². The first-order valence-corrected chi connectivity index (χ1v) is 25.8. The highest BCUT2D eigenvalue weighted by Crippen LogP contribution is 2.51. The molecule has 0 heterocycles. The van der Waals surface area contributed by atoms with Crippen LogP contribution in [0.3, 0.4) is 0 Å². The molecule has 0 aromatic heterocycles. The van der Waals surface area contributed by atoms with Gasteiger partial charge in [0.2, 0.25) is 0 Å². The lowest BCUT2D eigenvalue weighted by atomic mass is 9.81. The second-order valence-corrected chi connectivity index (χ2v) is 20.2. The van der Waals surface area contributed by atoms with Crippen LogP contribution in [0, 0.1) is 0 Å². The minimum Gasteiger partial charge on any atom is -0.0616 e. The third kappa shape index (κ3) is 5.97. The fourth-order valence-electron chi connectivity index (χ4n) is 13.2. The van der Waals surface area contributed by atoms with Crippen molar-refractivity contribution in [2.75, 3.05) is 0 Å². The molecule has 0 atom stereocenters. The van der Waals surface area contributed by atoms with Crippen molar-refractivity contribution in [1.29, 1.82) is 0 Å². The van der Waals surface area contributed by atoms with Crippen molar-refractivity contribution in [3.05, 3.63) is 267 Å². The van der Waals surface area contributed by atoms with E-state index in [1.54, 1.807) is 0 Å². The number of fused-ring (bicyclic) bond motifs is 13. The number of rotatable bonds is 4. The van der Waals surface area contributed by atoms with Gasteiger partial charge in [-0.25, -0.2) is 0 Å². The van der Waals surface area contributed by atoms with Crippen molar-refractivity contribution in [2.24, 2.45) is 0 Å². The Kier molecular flexibility index (Phi) is 8.84. The molecule has 0 unspecified atom stereocenters. The Morgan fingerprint density at radius 1 is 0.122 bits per heavy atom. The van der Waals surface area contributed by atoms with Gasteiger partial charge in [-0.3, -0.25) is 0 Å². The van der Waals surface area contributed by atoms with Gasteiger partial charge in [-0.05, 0) is 187 Å². The first-order chi connectivity index (χ1) is 36.7. The van der Waals surface area contributed by atoms with Crippen LogP contribution in [0.5, 0.6) is 0 Å². The number of hydrogen-bond donors (Lipinski definition) is 0. The smallest absolute Gasteiger partial charge is 0.00201 e. The molecule has 16 rings (SSSR count). The maximum Gasteiger partial charge on any atom is -0.00201 e. The molecule has 0 aliphatic carbocycles. The molecule has 0 heteroatoms. The highest BCUT2D eigenvalue weighted by Gasteiger charge is 2.23. The van der Waals surface area contributed by atoms with Crippen LogP contribution in [0.15, 0.2) is 267 Å². The molecule has 74 heavy (non-hydrogen) atoms. The minimum atomic E-state index is 1.24. The summed E-state index contributed by atoms with van der Waals surface area (Å²) >= 11 is 0. The lowest BCUT2D eigenvalue weighted by molar-refractivity contribution is 1.67. The zero-order valence-corrected chi connectivity index (χ0v) is 40.4. The maximum atomic E-state index is 2.41. The second-order valence-electron chi connectivity index (χ2n) is 20.2. The summed E-state index contributed by atoms with van der Waals surface area (Å²) in [5.41, 5.74) is 10.1. The Morgan fingerprint density at radius 3 is 0.689 bits per heavy atom. The largest absolute Gasteiger partial charge is 0.0616 e. The summed E-state index contributed by atoms with van der Waals surface area (Å²) in [5, 5.41) is 27.7. The SMILES string of the molecule is c1ccc2cc3c(ccc4c(-c5c6ccccc6c(-c6ccc(-c7c8ccccc8c(-c8cccc9c8ccc8cc%10ccccc%10cc89)c8ccccc78)c7ccccc67)c6ccccc56)cccc43)cc2c1. The second kappa shape index (κ2) is 15.9. The Bertz CT molecular complexity index is 4640. The van der Waals surface area contributed by atoms with Gasteiger partial charge in [0.1, 0.15) is 0 Å². The van der Waals surface area contributed by atoms with Crippen LogP contribution in [0.1, 0.15) is 0 Å². The van der Waals surface area contributed by atoms with E-state index in [2.05, 4.69) is 267 Å². The average molecular weight is 933 g/mol. The highest BCUT2D eigenvalue weighted by molar-refractivity contribution is 6.30. The van der Waals surface area contributed by atoms with E-state index in [9.17, 15) is 0 Å². The summed E-state index contributed by atoms with van der Waals surface area (Å²) in [5.74, 6) is 0. The first-order valence-electron chi connectivity index (χ1n) is 25.8. The molecule has 0 aliphatic heterocycles. The van der Waals surface area contributed by atoms with Gasteiger partial charge in [-0.2, -0.15) is 0 Å². The third-order valence-corrected chi connectivity index (χ3v) is 16.4. The van der Waals surface area contributed by atoms with Crippen molar-refractivity contribution in [1.82, 2.24) is 0 Å². The van der Waals surface area contributed by atoms with Gasteiger partial charge < -0.3 is 0 Å². The molecular weight excluding hydrogens is 889 g/mol. The van der Waals surface area contributed by atoms with Gasteiger partial charge in [-0.15, -0.1) is 0 Å². The lowest BCUT2D eigenvalue weighted by Gasteiger charge is -2.22. The van der Waals surface area contributed by atoms with Crippen LogP contribution in [0.4, 0.5) is 0 Å². The topological polar surface area (TPSA) is 0 Å². The summed E-state index contributed by atoms with van der Waals surface area (Å²) < 4.78 is 0. The van der Waals surface area contributed by atoms with Crippen molar-refractivity contribution in [3.63, 3.8) is 0 Å². The molecule has 16 aromatic carbocycles. The minimum absolute atomic E-state index is 1.24. The lowest BCUT2D eigenvalue weighted by Crippen LogP contribution is -1.94. The van der Waals surface area contributed by atoms with Gasteiger partial charge in [0.25, 0.3) is 0 Å². The van der Waals surface area contributed by atoms with Crippen LogP contribution >= 0.6 is 0 Å². The van der Waals surface area contributed by atoms with Crippen LogP contribution in [0.25, 0.3) is 163 Å². The molecular formula is C74H44. The summed E-state index contributed by atoms with van der Waals surface area (Å²) in [6.07, 6.45) is 0. The molecule has 0 fully saturated rings. The molecule has 0 N–H and O–H groups in total. The zero-order valence-electron chi connectivity index (χ0n) is 40.4. The Labute approximate surface area is 427 Å². The molecule has 0 saturated heterocycles. The third-order valence-electron chi connectivity index (χ3n) is 16.4. The van der Waals surface area contributed by atoms with E-state index in [0.29, 0.717) is 0 Å². The molecule has 0 amide bonds. The predicted molar refractivity (Wildman–Crippen MR) is 321 cm³/mol. The molecule has 0 spiro atoms. The van der Waals surface area contributed by atoms with E-state index < -0.39 is 0 Å². The fourth-order valence-corrected chi connectivity index (χ4v) is 13.2. The van der Waals surface area contributed by atoms with Gasteiger partial charge in [0, 0.05) is 0 Å². The van der Waals surface area contributed by atoms with Crippen LogP contribution in [0.2, 0.25) is 0 Å². The van der Waals surface area contributed by atoms with Gasteiger partial charge in [-0.1, -0.05) is 243 Å². The van der Waals surface area contributed by atoms with E-state index in [0.717, 1.165) is 0 Å². The molecule has 0 aliphatic rings. The van der Waals surface area contributed by atoms with Crippen molar-refractivity contribution >= 4 is 118 Å². The van der Waals surface area contributed by atoms with Crippen LogP contribution in [-0.4, -0.2) is 0 Å². The zero-order chi connectivity index (χ0) is 48.4. The Hall–Kier alpha value is -9.62. The van der Waals surface area contributed by atoms with E-state index in [1.165, 1.54) is 163 Å². The van der Waals surface area contributed by atoms with Crippen molar-refractivity contribution in [3.8, 4) is 44.5 Å². The van der Waals surface area contributed by atoms with Crippen molar-refractivity contribution in [2.45, 2.75) is 0 Å². The monoisotopic (exact) mass is 932 g/mol. The average Bonchev–Trinajstić information content (AvgIpc) is 3.51. The molecule has 16 aromatic rings. The maximum absolute atomic E-state index is 2.41. The Morgan fingerprint density at radius 2 is 0.365 bits per heavy atom. The Balaban J connectivity index is 0.925. The molecule has 340 valence electrons. The molecule has 0 nitrogen and oxygen atoms in total. The molecule has 0 bridgehead atoms. The van der Waals surface area contributed by atoms with Gasteiger partial charge >= 0.3 is 0 Å². The summed E-state index contributed by atoms with van der Waals surface area (Å²) in [4.78, 5) is 0. The fraction of sp³-hybridized carbons (Fsp3) is 0. The number of benzene rings is 16. The van der Waals surface area contributed by atoms with Crippen LogP contribution in [-0.2, 0) is 0 Å². The summed E-state index contributed by atoms with van der Waals surface area (Å²) in [6.45, 7) is 0. The number of hydrogen-bond acceptors (Lipinski definition) is 0. The van der Waals surface area contributed by atoms with Crippen molar-refractivity contribution < 1.29 is 0 Å². The van der Waals surface area contributed by atoms with Gasteiger partial charge in [0.05, 0.1) is 0 Å². The van der Waals surface area contributed by atoms with Gasteiger partial charge in [0.15, 0.2) is 0 Å². The highest BCUT2D eigenvalue weighted by atomic mass is 14.3. The summed E-state index contributed by atoms with van der Waals surface area (Å²) in [6, 6.07) is 100. The summed E-state index contributed by atoms with van der Waals surface area (Å²) in [7, 11) is 0. The van der Waals surface area contributed by atoms with Crippen LogP contribution < -0.4 is 0 Å². The standard InChI is InChI=1S/C74H44/c1-3-19-47-43-69-49(41-45(47)17-1)35-37-55-53(69)31-15-33-57(55)71-59-23-7-11-27-63(59)73(64-28-12-8-24-60(64)71)67-39-40-68(52-22-6-5-21-51(52)67)74-65-29-13-9-25-61(65)72(62-26-10-14-30-66(62)74)58-34-16-32-54-56(58)38-36-50-42-46-18-2-4-20-48(46)44-70(50)54/h1-44H. The van der Waals surface area contributed by atoms with E-state index in [-0.39, 0.29) is 0 Å². The quantitative estimate of drug-likeness (QED) is 0.122. The normalized spacial score (nSPS) is 12.1. The van der Waals surface area contributed by atoms with E-state index in [4.69, 9.17) is 0 Å². The first kappa shape index (κ1) is 41.0. The predicted octanol–water partition coefficient (Wildman–Crippen LogP) is 21.0. The molecule has 0 saturated carbocycles.